The second-order valence-electron chi connectivity index (χ2n) is 7.42. The number of imide groups is 1. The normalized spacial score (nSPS) is 13.1. The van der Waals surface area contributed by atoms with Crippen LogP contribution in [0.1, 0.15) is 58.5 Å². The first-order chi connectivity index (χ1) is 14.5. The van der Waals surface area contributed by atoms with Crippen molar-refractivity contribution in [3.63, 3.8) is 0 Å². The first-order valence-corrected chi connectivity index (χ1v) is 10.6. The van der Waals surface area contributed by atoms with E-state index in [2.05, 4.69) is 30.1 Å². The van der Waals surface area contributed by atoms with E-state index in [9.17, 15) is 14.4 Å². The zero-order valence-corrected chi connectivity index (χ0v) is 17.7. The fourth-order valence-electron chi connectivity index (χ4n) is 3.69. The number of rotatable bonds is 10. The van der Waals surface area contributed by atoms with Crippen LogP contribution in [0.2, 0.25) is 0 Å². The quantitative estimate of drug-likeness (QED) is 0.614. The summed E-state index contributed by atoms with van der Waals surface area (Å²) in [6, 6.07) is 15.0. The molecule has 0 spiro atoms. The molecule has 0 saturated carbocycles. The maximum Gasteiger partial charge on any atom is 0.261 e. The lowest BCUT2D eigenvalue weighted by molar-refractivity contribution is -0.121. The van der Waals surface area contributed by atoms with Gasteiger partial charge < -0.3 is 5.32 Å². The zero-order chi connectivity index (χ0) is 21.5. The van der Waals surface area contributed by atoms with Crippen LogP contribution in [0.3, 0.4) is 0 Å². The van der Waals surface area contributed by atoms with E-state index in [-0.39, 0.29) is 30.7 Å². The van der Waals surface area contributed by atoms with Crippen molar-refractivity contribution in [1.82, 2.24) is 15.1 Å². The Morgan fingerprint density at radius 3 is 2.07 bits per heavy atom. The summed E-state index contributed by atoms with van der Waals surface area (Å²) in [4.78, 5) is 40.6. The van der Waals surface area contributed by atoms with Gasteiger partial charge in [-0.1, -0.05) is 50.2 Å². The summed E-state index contributed by atoms with van der Waals surface area (Å²) in [6.07, 6.45) is 0.712. The van der Waals surface area contributed by atoms with Crippen LogP contribution in [-0.2, 0) is 17.9 Å². The number of carbonyl (C=O) groups excluding carboxylic acids is 3. The average molecular weight is 408 g/mol. The second kappa shape index (κ2) is 10.2. The molecule has 1 N–H and O–H groups in total. The van der Waals surface area contributed by atoms with Crippen molar-refractivity contribution in [2.75, 3.05) is 19.6 Å². The Bertz CT molecular complexity index is 886. The molecule has 3 amide bonds. The van der Waals surface area contributed by atoms with Gasteiger partial charge in [-0.05, 0) is 42.8 Å². The van der Waals surface area contributed by atoms with Gasteiger partial charge in [-0.3, -0.25) is 24.2 Å². The minimum Gasteiger partial charge on any atom is -0.352 e. The van der Waals surface area contributed by atoms with E-state index in [1.165, 1.54) is 10.5 Å². The molecule has 0 unspecified atom stereocenters. The number of carbonyl (C=O) groups is 3. The Hall–Kier alpha value is -2.99. The molecule has 6 heteroatoms. The number of nitrogens with one attached hydrogen (secondary N) is 1. The van der Waals surface area contributed by atoms with Gasteiger partial charge in [-0.15, -0.1) is 0 Å². The van der Waals surface area contributed by atoms with Gasteiger partial charge in [0.2, 0.25) is 5.91 Å². The maximum atomic E-state index is 12.4. The molecule has 0 aliphatic carbocycles. The van der Waals surface area contributed by atoms with Crippen molar-refractivity contribution in [2.45, 2.75) is 39.8 Å². The molecule has 0 radical (unpaired) electrons. The molecule has 30 heavy (non-hydrogen) atoms. The first-order valence-electron chi connectivity index (χ1n) is 10.6. The fraction of sp³-hybridized carbons (Fsp3) is 0.375. The molecule has 3 rings (SSSR count). The van der Waals surface area contributed by atoms with Crippen LogP contribution in [0.25, 0.3) is 0 Å². The highest BCUT2D eigenvalue weighted by Gasteiger charge is 2.34. The lowest BCUT2D eigenvalue weighted by atomic mass is 10.1. The Kier molecular flexibility index (Phi) is 7.36. The monoisotopic (exact) mass is 407 g/mol. The standard InChI is InChI=1S/C24H29N3O3/c1-3-26(4-2)17-19-11-6-5-10-18(19)16-25-22(28)14-9-15-27-23(29)20-12-7-8-13-21(20)24(27)30/h5-8,10-13H,3-4,9,14-17H2,1-2H3,(H,25,28). The number of benzene rings is 2. The highest BCUT2D eigenvalue weighted by atomic mass is 16.2. The molecule has 1 heterocycles. The molecule has 0 fully saturated rings. The van der Waals surface area contributed by atoms with Crippen LogP contribution in [0, 0.1) is 0 Å². The smallest absolute Gasteiger partial charge is 0.261 e. The molecule has 2 aromatic rings. The summed E-state index contributed by atoms with van der Waals surface area (Å²) in [5, 5.41) is 2.97. The van der Waals surface area contributed by atoms with E-state index < -0.39 is 0 Å². The van der Waals surface area contributed by atoms with E-state index in [0.717, 1.165) is 25.2 Å². The largest absolute Gasteiger partial charge is 0.352 e. The SMILES string of the molecule is CCN(CC)Cc1ccccc1CNC(=O)CCCN1C(=O)c2ccccc2C1=O. The lowest BCUT2D eigenvalue weighted by Crippen LogP contribution is -2.32. The Balaban J connectivity index is 1.48. The van der Waals surface area contributed by atoms with E-state index in [1.54, 1.807) is 24.3 Å². The van der Waals surface area contributed by atoms with E-state index in [4.69, 9.17) is 0 Å². The number of hydrogen-bond donors (Lipinski definition) is 1. The number of fused-ring (bicyclic) bond motifs is 1. The van der Waals surface area contributed by atoms with Crippen molar-refractivity contribution in [1.29, 1.82) is 0 Å². The van der Waals surface area contributed by atoms with Crippen LogP contribution in [0.4, 0.5) is 0 Å². The van der Waals surface area contributed by atoms with E-state index in [0.29, 0.717) is 24.1 Å². The van der Waals surface area contributed by atoms with Gasteiger partial charge >= 0.3 is 0 Å². The predicted molar refractivity (Wildman–Crippen MR) is 116 cm³/mol. The Morgan fingerprint density at radius 2 is 1.47 bits per heavy atom. The molecule has 158 valence electrons. The molecule has 0 atom stereocenters. The third-order valence-electron chi connectivity index (χ3n) is 5.55. The molecule has 1 aliphatic heterocycles. The highest BCUT2D eigenvalue weighted by molar-refractivity contribution is 6.21. The zero-order valence-electron chi connectivity index (χ0n) is 17.7. The minimum atomic E-state index is -0.277. The predicted octanol–water partition coefficient (Wildman–Crippen LogP) is 3.22. The molecular weight excluding hydrogens is 378 g/mol. The molecule has 1 aliphatic rings. The molecule has 6 nitrogen and oxygen atoms in total. The summed E-state index contributed by atoms with van der Waals surface area (Å²) in [6.45, 7) is 7.83. The second-order valence-corrected chi connectivity index (χ2v) is 7.42. The fourth-order valence-corrected chi connectivity index (χ4v) is 3.69. The van der Waals surface area contributed by atoms with Crippen LogP contribution in [0.5, 0.6) is 0 Å². The summed E-state index contributed by atoms with van der Waals surface area (Å²) in [7, 11) is 0. The molecular formula is C24H29N3O3. The Morgan fingerprint density at radius 1 is 0.900 bits per heavy atom. The molecule has 2 aromatic carbocycles. The molecule has 0 aromatic heterocycles. The van der Waals surface area contributed by atoms with Gasteiger partial charge in [0.15, 0.2) is 0 Å². The van der Waals surface area contributed by atoms with Crippen LogP contribution >= 0.6 is 0 Å². The van der Waals surface area contributed by atoms with Gasteiger partial charge in [0.05, 0.1) is 11.1 Å². The van der Waals surface area contributed by atoms with Crippen molar-refractivity contribution >= 4 is 17.7 Å². The van der Waals surface area contributed by atoms with Gasteiger partial charge in [0.1, 0.15) is 0 Å². The van der Waals surface area contributed by atoms with Crippen molar-refractivity contribution in [3.05, 3.63) is 70.8 Å². The lowest BCUT2D eigenvalue weighted by Gasteiger charge is -2.20. The number of hydrogen-bond acceptors (Lipinski definition) is 4. The number of nitrogens with zero attached hydrogens (tertiary/aromatic N) is 2. The molecule has 0 saturated heterocycles. The summed E-state index contributed by atoms with van der Waals surface area (Å²) < 4.78 is 0. The first kappa shape index (κ1) is 21.7. The Labute approximate surface area is 177 Å². The topological polar surface area (TPSA) is 69.7 Å². The van der Waals surface area contributed by atoms with Crippen molar-refractivity contribution < 1.29 is 14.4 Å². The highest BCUT2D eigenvalue weighted by Crippen LogP contribution is 2.22. The maximum absolute atomic E-state index is 12.4. The average Bonchev–Trinajstić information content (AvgIpc) is 3.01. The van der Waals surface area contributed by atoms with Crippen LogP contribution < -0.4 is 5.32 Å². The van der Waals surface area contributed by atoms with Crippen molar-refractivity contribution in [2.24, 2.45) is 0 Å². The molecule has 0 bridgehead atoms. The summed E-state index contributed by atoms with van der Waals surface area (Å²) in [5.74, 6) is -0.632. The third kappa shape index (κ3) is 4.94. The van der Waals surface area contributed by atoms with E-state index >= 15 is 0 Å². The summed E-state index contributed by atoms with van der Waals surface area (Å²) >= 11 is 0. The third-order valence-corrected chi connectivity index (χ3v) is 5.55. The number of amides is 3. The van der Waals surface area contributed by atoms with Gasteiger partial charge in [0, 0.05) is 26.1 Å². The van der Waals surface area contributed by atoms with Crippen molar-refractivity contribution in [3.8, 4) is 0 Å². The van der Waals surface area contributed by atoms with E-state index in [1.807, 2.05) is 18.2 Å². The van der Waals surface area contributed by atoms with Gasteiger partial charge in [0.25, 0.3) is 11.8 Å². The van der Waals surface area contributed by atoms with Gasteiger partial charge in [-0.25, -0.2) is 0 Å². The van der Waals surface area contributed by atoms with Crippen LogP contribution in [-0.4, -0.2) is 47.2 Å². The minimum absolute atomic E-state index is 0.0794. The van der Waals surface area contributed by atoms with Gasteiger partial charge in [-0.2, -0.15) is 0 Å². The summed E-state index contributed by atoms with van der Waals surface area (Å²) in [5.41, 5.74) is 3.21. The van der Waals surface area contributed by atoms with Crippen LogP contribution in [0.15, 0.2) is 48.5 Å².